The molecule has 2 unspecified atom stereocenters. The lowest BCUT2D eigenvalue weighted by molar-refractivity contribution is 0.140. The molecule has 194 valence electrons. The second-order valence-electron chi connectivity index (χ2n) is 9.77. The van der Waals surface area contributed by atoms with Gasteiger partial charge in [-0.05, 0) is 85.2 Å². The fourth-order valence-corrected chi connectivity index (χ4v) is 6.92. The van der Waals surface area contributed by atoms with Crippen LogP contribution in [0.2, 0.25) is 0 Å². The summed E-state index contributed by atoms with van der Waals surface area (Å²) in [6.07, 6.45) is 3.12. The topological polar surface area (TPSA) is 104 Å². The van der Waals surface area contributed by atoms with E-state index >= 15 is 0 Å². The molecule has 2 aromatic carbocycles. The molecular weight excluding hydrogens is 476 g/mol. The number of hydrogen-bond donors (Lipinski definition) is 2. The van der Waals surface area contributed by atoms with Gasteiger partial charge in [0.1, 0.15) is 0 Å². The van der Waals surface area contributed by atoms with Gasteiger partial charge in [0.2, 0.25) is 10.0 Å². The van der Waals surface area contributed by atoms with Crippen LogP contribution in [0.25, 0.3) is 0 Å². The second kappa shape index (κ2) is 12.2. The van der Waals surface area contributed by atoms with Gasteiger partial charge in [0.05, 0.1) is 29.7 Å². The summed E-state index contributed by atoms with van der Waals surface area (Å²) in [6.45, 7) is 4.43. The summed E-state index contributed by atoms with van der Waals surface area (Å²) >= 11 is 0. The van der Waals surface area contributed by atoms with Crippen molar-refractivity contribution in [2.24, 2.45) is 11.8 Å². The van der Waals surface area contributed by atoms with Crippen LogP contribution in [-0.4, -0.2) is 59.8 Å². The molecule has 2 aromatic rings. The predicted octanol–water partition coefficient (Wildman–Crippen LogP) is 3.34. The highest BCUT2D eigenvalue weighted by atomic mass is 32.2. The molecule has 36 heavy (non-hydrogen) atoms. The number of benzene rings is 2. The highest BCUT2D eigenvalue weighted by molar-refractivity contribution is 7.89. The summed E-state index contributed by atoms with van der Waals surface area (Å²) in [5.74, 6) is 0.660. The molecule has 9 heteroatoms. The van der Waals surface area contributed by atoms with Crippen molar-refractivity contribution in [1.29, 1.82) is 5.26 Å². The zero-order valence-corrected chi connectivity index (χ0v) is 21.9. The van der Waals surface area contributed by atoms with Gasteiger partial charge in [0, 0.05) is 45.6 Å². The van der Waals surface area contributed by atoms with Crippen molar-refractivity contribution in [2.45, 2.75) is 43.4 Å². The van der Waals surface area contributed by atoms with E-state index in [1.807, 2.05) is 30.3 Å². The molecule has 0 aromatic heterocycles. The number of likely N-dealkylation sites (tertiary alicyclic amines) is 1. The number of hydrogen-bond acceptors (Lipinski definition) is 7. The van der Waals surface area contributed by atoms with Crippen molar-refractivity contribution in [3.8, 4) is 6.07 Å². The number of piperidine rings is 1. The predicted molar refractivity (Wildman–Crippen MR) is 139 cm³/mol. The third kappa shape index (κ3) is 6.44. The van der Waals surface area contributed by atoms with Gasteiger partial charge in [-0.3, -0.25) is 0 Å². The molecular formula is C27H36N4O4S. The van der Waals surface area contributed by atoms with Crippen LogP contribution in [0.4, 0.5) is 5.69 Å². The van der Waals surface area contributed by atoms with Crippen molar-refractivity contribution in [3.05, 3.63) is 59.2 Å². The number of ether oxygens (including phenoxy) is 2. The minimum absolute atomic E-state index is 0.0208. The average molecular weight is 513 g/mol. The molecule has 0 spiro atoms. The maximum absolute atomic E-state index is 13.3. The van der Waals surface area contributed by atoms with Crippen LogP contribution in [-0.2, 0) is 32.7 Å². The van der Waals surface area contributed by atoms with Gasteiger partial charge < -0.3 is 19.7 Å². The number of nitrogens with zero attached hydrogens (tertiary/aromatic N) is 2. The van der Waals surface area contributed by atoms with Crippen molar-refractivity contribution in [2.75, 3.05) is 45.7 Å². The Balaban J connectivity index is 1.30. The lowest BCUT2D eigenvalue weighted by Gasteiger charge is -2.38. The molecule has 0 radical (unpaired) electrons. The maximum Gasteiger partial charge on any atom is 0.240 e. The molecule has 2 N–H and O–H groups in total. The first-order chi connectivity index (χ1) is 17.4. The first kappa shape index (κ1) is 26.6. The lowest BCUT2D eigenvalue weighted by Crippen LogP contribution is -2.52. The van der Waals surface area contributed by atoms with E-state index in [2.05, 4.69) is 21.0 Å². The molecule has 8 nitrogen and oxygen atoms in total. The van der Waals surface area contributed by atoms with Crippen LogP contribution in [0.5, 0.6) is 0 Å². The van der Waals surface area contributed by atoms with E-state index in [-0.39, 0.29) is 10.9 Å². The molecule has 1 saturated heterocycles. The second-order valence-corrected chi connectivity index (χ2v) is 11.5. The third-order valence-electron chi connectivity index (χ3n) is 7.28. The largest absolute Gasteiger partial charge is 0.385 e. The Morgan fingerprint density at radius 1 is 1.00 bits per heavy atom. The Kier molecular flexibility index (Phi) is 8.99. The molecule has 2 fully saturated rings. The van der Waals surface area contributed by atoms with Crippen molar-refractivity contribution < 1.29 is 17.9 Å². The van der Waals surface area contributed by atoms with Gasteiger partial charge in [-0.1, -0.05) is 6.07 Å². The smallest absolute Gasteiger partial charge is 0.240 e. The average Bonchev–Trinajstić information content (AvgIpc) is 3.09. The summed E-state index contributed by atoms with van der Waals surface area (Å²) in [4.78, 5) is 2.76. The molecule has 1 aliphatic carbocycles. The highest BCUT2D eigenvalue weighted by Crippen LogP contribution is 2.38. The molecule has 4 rings (SSSR count). The fraction of sp³-hybridized carbons (Fsp3) is 0.519. The van der Waals surface area contributed by atoms with E-state index in [1.54, 1.807) is 26.4 Å². The molecule has 2 aliphatic rings. The number of fused-ring (bicyclic) bond motifs is 2. The minimum Gasteiger partial charge on any atom is -0.385 e. The van der Waals surface area contributed by atoms with E-state index < -0.39 is 10.0 Å². The Hall–Kier alpha value is -2.48. The molecule has 1 saturated carbocycles. The van der Waals surface area contributed by atoms with Crippen LogP contribution >= 0.6 is 0 Å². The Morgan fingerprint density at radius 2 is 1.67 bits per heavy atom. The first-order valence-corrected chi connectivity index (χ1v) is 14.0. The van der Waals surface area contributed by atoms with Crippen LogP contribution in [0, 0.1) is 23.2 Å². The zero-order chi connectivity index (χ0) is 25.5. The summed E-state index contributed by atoms with van der Waals surface area (Å²) < 4.78 is 40.1. The summed E-state index contributed by atoms with van der Waals surface area (Å²) in [6, 6.07) is 14.8. The van der Waals surface area contributed by atoms with Crippen LogP contribution < -0.4 is 10.0 Å². The normalized spacial score (nSPS) is 21.9. The lowest BCUT2D eigenvalue weighted by atomic mass is 9.93. The number of anilines is 1. The molecule has 1 heterocycles. The van der Waals surface area contributed by atoms with Crippen LogP contribution in [0.15, 0.2) is 47.4 Å². The van der Waals surface area contributed by atoms with E-state index in [0.29, 0.717) is 30.6 Å². The van der Waals surface area contributed by atoms with Crippen LogP contribution in [0.1, 0.15) is 36.0 Å². The Labute approximate surface area is 214 Å². The molecule has 2 bridgehead atoms. The molecule has 2 atom stereocenters. The highest BCUT2D eigenvalue weighted by Gasteiger charge is 2.43. The van der Waals surface area contributed by atoms with Crippen molar-refractivity contribution in [1.82, 2.24) is 9.62 Å². The van der Waals surface area contributed by atoms with Gasteiger partial charge in [-0.25, -0.2) is 13.1 Å². The summed E-state index contributed by atoms with van der Waals surface area (Å²) in [5.41, 5.74) is 3.44. The third-order valence-corrected chi connectivity index (χ3v) is 8.74. The van der Waals surface area contributed by atoms with E-state index in [1.165, 1.54) is 0 Å². The van der Waals surface area contributed by atoms with E-state index in [9.17, 15) is 8.42 Å². The van der Waals surface area contributed by atoms with Gasteiger partial charge in [0.15, 0.2) is 0 Å². The zero-order valence-electron chi connectivity index (χ0n) is 21.1. The number of sulfonamides is 1. The molecule has 0 amide bonds. The van der Waals surface area contributed by atoms with Gasteiger partial charge in [0.25, 0.3) is 0 Å². The number of nitrogens with one attached hydrogen (secondary N) is 2. The van der Waals surface area contributed by atoms with Gasteiger partial charge in [-0.15, -0.1) is 0 Å². The van der Waals surface area contributed by atoms with Crippen LogP contribution in [0.3, 0.4) is 0 Å². The minimum atomic E-state index is -3.63. The summed E-state index contributed by atoms with van der Waals surface area (Å²) in [5, 5.41) is 12.3. The van der Waals surface area contributed by atoms with E-state index in [4.69, 9.17) is 14.7 Å². The molecule has 1 aliphatic heterocycles. The number of rotatable bonds is 12. The summed E-state index contributed by atoms with van der Waals surface area (Å²) in [7, 11) is -0.404. The van der Waals surface area contributed by atoms with E-state index in [0.717, 1.165) is 62.3 Å². The Bertz CT molecular complexity index is 1150. The first-order valence-electron chi connectivity index (χ1n) is 12.5. The van der Waals surface area contributed by atoms with Gasteiger partial charge >= 0.3 is 0 Å². The number of methoxy groups -OCH3 is 2. The van der Waals surface area contributed by atoms with Gasteiger partial charge in [-0.2, -0.15) is 5.26 Å². The van der Waals surface area contributed by atoms with Crippen molar-refractivity contribution >= 4 is 15.7 Å². The van der Waals surface area contributed by atoms with Crippen molar-refractivity contribution in [3.63, 3.8) is 0 Å². The monoisotopic (exact) mass is 512 g/mol. The quantitative estimate of drug-likeness (QED) is 0.421. The number of nitriles is 1. The maximum atomic E-state index is 13.3. The fourth-order valence-electron chi connectivity index (χ4n) is 5.50. The SMILES string of the molecule is COCc1ccc(S(=O)(=O)NC2C3CCC2CN(CCCNc2ccc(C#N)cc2)C3)cc1COC. The standard InChI is InChI=1S/C27H36N4O4S/c1-34-18-23-8-11-26(14-24(23)19-35-2)36(32,33)30-27-21-6-7-22(27)17-31(16-21)13-3-12-29-25-9-4-20(15-28)5-10-25/h4-5,8-11,14,21-22,27,29-30H,3,6-7,12-13,16-19H2,1-2H3. The Morgan fingerprint density at radius 3 is 2.31 bits per heavy atom.